The standard InChI is InChI=1S/C25H25N5O2S/c1-32-22-14-12-20(13-15-22)17-30-25(27-28-29-30)33-18-24(31)26-23(21-10-6-3-7-11-21)16-19-8-4-2-5-9-19/h2-15,23H,16-18H2,1H3,(H,26,31). The number of benzene rings is 3. The zero-order valence-corrected chi connectivity index (χ0v) is 19.1. The number of tetrazole rings is 1. The molecular weight excluding hydrogens is 434 g/mol. The van der Waals surface area contributed by atoms with Crippen molar-refractivity contribution in [3.63, 3.8) is 0 Å². The van der Waals surface area contributed by atoms with Crippen LogP contribution in [0, 0.1) is 0 Å². The van der Waals surface area contributed by atoms with E-state index in [1.54, 1.807) is 11.8 Å². The van der Waals surface area contributed by atoms with Gasteiger partial charge in [0, 0.05) is 0 Å². The summed E-state index contributed by atoms with van der Waals surface area (Å²) in [6.45, 7) is 0.515. The van der Waals surface area contributed by atoms with E-state index in [-0.39, 0.29) is 17.7 Å². The van der Waals surface area contributed by atoms with Gasteiger partial charge in [0.2, 0.25) is 11.1 Å². The molecule has 1 N–H and O–H groups in total. The van der Waals surface area contributed by atoms with Crippen molar-refractivity contribution in [1.29, 1.82) is 0 Å². The normalized spacial score (nSPS) is 11.7. The van der Waals surface area contributed by atoms with Gasteiger partial charge in [0.15, 0.2) is 0 Å². The third-order valence-corrected chi connectivity index (χ3v) is 6.10. The van der Waals surface area contributed by atoms with Crippen LogP contribution < -0.4 is 10.1 Å². The van der Waals surface area contributed by atoms with Gasteiger partial charge in [-0.25, -0.2) is 4.68 Å². The van der Waals surface area contributed by atoms with Crippen LogP contribution in [0.5, 0.6) is 5.75 Å². The van der Waals surface area contributed by atoms with Gasteiger partial charge in [0.1, 0.15) is 5.75 Å². The molecule has 0 aliphatic carbocycles. The van der Waals surface area contributed by atoms with Gasteiger partial charge in [-0.15, -0.1) is 5.10 Å². The van der Waals surface area contributed by atoms with Crippen molar-refractivity contribution in [3.8, 4) is 5.75 Å². The summed E-state index contributed by atoms with van der Waals surface area (Å²) >= 11 is 1.32. The first kappa shape index (κ1) is 22.5. The van der Waals surface area contributed by atoms with Gasteiger partial charge in [-0.05, 0) is 45.7 Å². The number of nitrogens with one attached hydrogen (secondary N) is 1. The Balaban J connectivity index is 1.38. The Morgan fingerprint density at radius 3 is 2.36 bits per heavy atom. The fraction of sp³-hybridized carbons (Fsp3) is 0.200. The van der Waals surface area contributed by atoms with Crippen LogP contribution in [-0.2, 0) is 17.8 Å². The fourth-order valence-electron chi connectivity index (χ4n) is 3.46. The van der Waals surface area contributed by atoms with Crippen LogP contribution in [0.3, 0.4) is 0 Å². The van der Waals surface area contributed by atoms with Crippen molar-refractivity contribution in [3.05, 3.63) is 102 Å². The molecule has 168 valence electrons. The molecule has 1 heterocycles. The van der Waals surface area contributed by atoms with Gasteiger partial charge in [-0.3, -0.25) is 4.79 Å². The Morgan fingerprint density at radius 1 is 0.970 bits per heavy atom. The topological polar surface area (TPSA) is 81.9 Å². The van der Waals surface area contributed by atoms with Crippen LogP contribution in [0.2, 0.25) is 0 Å². The molecule has 4 aromatic rings. The predicted molar refractivity (Wildman–Crippen MR) is 128 cm³/mol. The monoisotopic (exact) mass is 459 g/mol. The van der Waals surface area contributed by atoms with Crippen molar-refractivity contribution < 1.29 is 9.53 Å². The first-order valence-corrected chi connectivity index (χ1v) is 11.6. The number of hydrogen-bond donors (Lipinski definition) is 1. The molecule has 0 saturated heterocycles. The lowest BCUT2D eigenvalue weighted by atomic mass is 9.99. The molecule has 0 aliphatic heterocycles. The number of ether oxygens (including phenoxy) is 1. The van der Waals surface area contributed by atoms with Gasteiger partial charge in [-0.1, -0.05) is 84.6 Å². The Hall–Kier alpha value is -3.65. The maximum Gasteiger partial charge on any atom is 0.230 e. The van der Waals surface area contributed by atoms with E-state index in [0.717, 1.165) is 23.3 Å². The average molecular weight is 460 g/mol. The van der Waals surface area contributed by atoms with E-state index in [0.29, 0.717) is 11.7 Å². The molecule has 1 unspecified atom stereocenters. The molecule has 0 aliphatic rings. The maximum atomic E-state index is 12.8. The Kier molecular flexibility index (Phi) is 7.71. The zero-order valence-electron chi connectivity index (χ0n) is 18.3. The molecule has 8 heteroatoms. The smallest absolute Gasteiger partial charge is 0.230 e. The van der Waals surface area contributed by atoms with E-state index in [1.165, 1.54) is 17.3 Å². The number of amides is 1. The quantitative estimate of drug-likeness (QED) is 0.362. The minimum atomic E-state index is -0.114. The molecule has 1 aromatic heterocycles. The average Bonchev–Trinajstić information content (AvgIpc) is 3.31. The van der Waals surface area contributed by atoms with Crippen molar-refractivity contribution >= 4 is 17.7 Å². The number of methoxy groups -OCH3 is 1. The molecule has 1 amide bonds. The number of thioether (sulfide) groups is 1. The predicted octanol–water partition coefficient (Wildman–Crippen LogP) is 3.92. The molecule has 33 heavy (non-hydrogen) atoms. The molecule has 0 saturated carbocycles. The summed E-state index contributed by atoms with van der Waals surface area (Å²) in [4.78, 5) is 12.8. The number of rotatable bonds is 10. The molecule has 4 rings (SSSR count). The molecule has 0 bridgehead atoms. The molecule has 0 radical (unpaired) electrons. The zero-order chi connectivity index (χ0) is 22.9. The summed E-state index contributed by atoms with van der Waals surface area (Å²) < 4.78 is 6.89. The van der Waals surface area contributed by atoms with Crippen molar-refractivity contribution in [1.82, 2.24) is 25.5 Å². The van der Waals surface area contributed by atoms with Gasteiger partial charge >= 0.3 is 0 Å². The van der Waals surface area contributed by atoms with Crippen molar-refractivity contribution in [2.24, 2.45) is 0 Å². The fourth-order valence-corrected chi connectivity index (χ4v) is 4.14. The molecule has 3 aromatic carbocycles. The summed E-state index contributed by atoms with van der Waals surface area (Å²) in [5, 5.41) is 15.7. The highest BCUT2D eigenvalue weighted by Gasteiger charge is 2.17. The lowest BCUT2D eigenvalue weighted by Crippen LogP contribution is -2.31. The summed E-state index contributed by atoms with van der Waals surface area (Å²) in [6, 6.07) is 27.8. The minimum absolute atomic E-state index is 0.0659. The number of aromatic nitrogens is 4. The second kappa shape index (κ2) is 11.3. The van der Waals surface area contributed by atoms with E-state index >= 15 is 0 Å². The Labute approximate surface area is 197 Å². The highest BCUT2D eigenvalue weighted by atomic mass is 32.2. The van der Waals surface area contributed by atoms with Crippen molar-refractivity contribution in [2.75, 3.05) is 12.9 Å². The van der Waals surface area contributed by atoms with E-state index in [1.807, 2.05) is 72.8 Å². The lowest BCUT2D eigenvalue weighted by Gasteiger charge is -2.19. The lowest BCUT2D eigenvalue weighted by molar-refractivity contribution is -0.119. The number of carbonyl (C=O) groups excluding carboxylic acids is 1. The van der Waals surface area contributed by atoms with Crippen LogP contribution in [0.15, 0.2) is 90.1 Å². The summed E-state index contributed by atoms with van der Waals surface area (Å²) in [7, 11) is 1.64. The first-order chi connectivity index (χ1) is 16.2. The van der Waals surface area contributed by atoms with Crippen LogP contribution >= 0.6 is 11.8 Å². The second-order valence-corrected chi connectivity index (χ2v) is 8.42. The van der Waals surface area contributed by atoms with E-state index < -0.39 is 0 Å². The molecule has 7 nitrogen and oxygen atoms in total. The SMILES string of the molecule is COc1ccc(Cn2nnnc2SCC(=O)NC(Cc2ccccc2)c2ccccc2)cc1. The van der Waals surface area contributed by atoms with Gasteiger partial charge < -0.3 is 10.1 Å². The van der Waals surface area contributed by atoms with Gasteiger partial charge in [0.25, 0.3) is 0 Å². The minimum Gasteiger partial charge on any atom is -0.497 e. The number of carbonyl (C=O) groups is 1. The third-order valence-electron chi connectivity index (χ3n) is 5.14. The van der Waals surface area contributed by atoms with Crippen LogP contribution in [0.1, 0.15) is 22.7 Å². The summed E-state index contributed by atoms with van der Waals surface area (Å²) in [6.07, 6.45) is 0.719. The van der Waals surface area contributed by atoms with Crippen LogP contribution in [0.25, 0.3) is 0 Å². The summed E-state index contributed by atoms with van der Waals surface area (Å²) in [5.41, 5.74) is 3.29. The van der Waals surface area contributed by atoms with Crippen LogP contribution in [0.4, 0.5) is 0 Å². The Bertz CT molecular complexity index is 1150. The van der Waals surface area contributed by atoms with E-state index in [9.17, 15) is 4.79 Å². The molecule has 1 atom stereocenters. The molecule has 0 fully saturated rings. The second-order valence-electron chi connectivity index (χ2n) is 7.48. The third kappa shape index (κ3) is 6.43. The van der Waals surface area contributed by atoms with Gasteiger partial charge in [-0.2, -0.15) is 0 Å². The first-order valence-electron chi connectivity index (χ1n) is 10.6. The van der Waals surface area contributed by atoms with Crippen molar-refractivity contribution in [2.45, 2.75) is 24.2 Å². The maximum absolute atomic E-state index is 12.8. The number of nitrogens with zero attached hydrogens (tertiary/aromatic N) is 4. The summed E-state index contributed by atoms with van der Waals surface area (Å²) in [5.74, 6) is 0.954. The highest BCUT2D eigenvalue weighted by Crippen LogP contribution is 2.20. The van der Waals surface area contributed by atoms with E-state index in [2.05, 4.69) is 33.0 Å². The van der Waals surface area contributed by atoms with Gasteiger partial charge in [0.05, 0.1) is 25.4 Å². The largest absolute Gasteiger partial charge is 0.497 e. The van der Waals surface area contributed by atoms with E-state index in [4.69, 9.17) is 4.74 Å². The number of hydrogen-bond acceptors (Lipinski definition) is 6. The Morgan fingerprint density at radius 2 is 1.67 bits per heavy atom. The van der Waals surface area contributed by atoms with Crippen LogP contribution in [-0.4, -0.2) is 39.0 Å². The highest BCUT2D eigenvalue weighted by molar-refractivity contribution is 7.99. The molecular formula is C25H25N5O2S. The molecule has 0 spiro atoms.